The summed E-state index contributed by atoms with van der Waals surface area (Å²) >= 11 is 5.99. The molecule has 1 aliphatic heterocycles. The third-order valence-electron chi connectivity index (χ3n) is 3.55. The minimum Gasteiger partial charge on any atom is -0.442 e. The molecular formula is C17H15ClN2O3. The molecule has 5 nitrogen and oxygen atoms in total. The van der Waals surface area contributed by atoms with E-state index >= 15 is 0 Å². The van der Waals surface area contributed by atoms with Crippen molar-refractivity contribution in [2.75, 3.05) is 18.0 Å². The first-order valence-electron chi connectivity index (χ1n) is 7.21. The zero-order valence-electron chi connectivity index (χ0n) is 12.2. The molecule has 3 rings (SSSR count). The van der Waals surface area contributed by atoms with E-state index in [0.717, 1.165) is 5.69 Å². The van der Waals surface area contributed by atoms with Crippen LogP contribution in [0, 0.1) is 0 Å². The fourth-order valence-electron chi connectivity index (χ4n) is 2.39. The predicted octanol–water partition coefficient (Wildman–Crippen LogP) is 3.10. The second-order valence-electron chi connectivity index (χ2n) is 5.14. The van der Waals surface area contributed by atoms with Crippen LogP contribution in [0.4, 0.5) is 10.5 Å². The van der Waals surface area contributed by atoms with Crippen LogP contribution in [0.5, 0.6) is 0 Å². The highest BCUT2D eigenvalue weighted by Crippen LogP contribution is 2.21. The van der Waals surface area contributed by atoms with Crippen molar-refractivity contribution in [3.05, 3.63) is 65.2 Å². The smallest absolute Gasteiger partial charge is 0.414 e. The second kappa shape index (κ2) is 6.71. The van der Waals surface area contributed by atoms with E-state index in [1.807, 2.05) is 30.3 Å². The van der Waals surface area contributed by atoms with Crippen LogP contribution in [0.1, 0.15) is 10.4 Å². The summed E-state index contributed by atoms with van der Waals surface area (Å²) in [4.78, 5) is 25.6. The molecule has 118 valence electrons. The van der Waals surface area contributed by atoms with Gasteiger partial charge in [-0.2, -0.15) is 0 Å². The van der Waals surface area contributed by atoms with Crippen molar-refractivity contribution in [1.82, 2.24) is 5.32 Å². The number of amides is 2. The van der Waals surface area contributed by atoms with Crippen LogP contribution in [0.25, 0.3) is 0 Å². The molecule has 1 N–H and O–H groups in total. The fourth-order valence-corrected chi connectivity index (χ4v) is 2.62. The quantitative estimate of drug-likeness (QED) is 0.937. The lowest BCUT2D eigenvalue weighted by atomic mass is 10.2. The van der Waals surface area contributed by atoms with Crippen molar-refractivity contribution in [3.8, 4) is 0 Å². The van der Waals surface area contributed by atoms with Crippen LogP contribution in [-0.2, 0) is 4.74 Å². The van der Waals surface area contributed by atoms with Crippen molar-refractivity contribution < 1.29 is 14.3 Å². The molecule has 1 unspecified atom stereocenters. The van der Waals surface area contributed by atoms with Crippen molar-refractivity contribution in [2.45, 2.75) is 6.10 Å². The molecule has 0 aromatic heterocycles. The average Bonchev–Trinajstić information content (AvgIpc) is 2.95. The summed E-state index contributed by atoms with van der Waals surface area (Å²) in [7, 11) is 0. The van der Waals surface area contributed by atoms with Gasteiger partial charge in [0, 0.05) is 5.69 Å². The van der Waals surface area contributed by atoms with E-state index < -0.39 is 12.2 Å². The van der Waals surface area contributed by atoms with Gasteiger partial charge in [-0.15, -0.1) is 0 Å². The van der Waals surface area contributed by atoms with Crippen molar-refractivity contribution in [2.24, 2.45) is 0 Å². The highest BCUT2D eigenvalue weighted by molar-refractivity contribution is 6.33. The Bertz CT molecular complexity index is 721. The van der Waals surface area contributed by atoms with Crippen LogP contribution < -0.4 is 10.2 Å². The highest BCUT2D eigenvalue weighted by Gasteiger charge is 2.32. The topological polar surface area (TPSA) is 58.6 Å². The second-order valence-corrected chi connectivity index (χ2v) is 5.55. The number of anilines is 1. The maximum absolute atomic E-state index is 12.1. The Morgan fingerprint density at radius 1 is 1.17 bits per heavy atom. The summed E-state index contributed by atoms with van der Waals surface area (Å²) in [6.45, 7) is 0.630. The first kappa shape index (κ1) is 15.4. The van der Waals surface area contributed by atoms with Crippen LogP contribution in [0.3, 0.4) is 0 Å². The Morgan fingerprint density at radius 3 is 2.61 bits per heavy atom. The van der Waals surface area contributed by atoms with E-state index in [0.29, 0.717) is 17.1 Å². The number of rotatable bonds is 4. The number of para-hydroxylation sites is 1. The summed E-state index contributed by atoms with van der Waals surface area (Å²) < 4.78 is 5.28. The molecule has 0 aliphatic carbocycles. The van der Waals surface area contributed by atoms with E-state index in [1.54, 1.807) is 29.2 Å². The van der Waals surface area contributed by atoms with Gasteiger partial charge in [0.25, 0.3) is 5.91 Å². The fraction of sp³-hybridized carbons (Fsp3) is 0.176. The molecule has 23 heavy (non-hydrogen) atoms. The first-order chi connectivity index (χ1) is 11.1. The normalized spacial score (nSPS) is 17.0. The molecule has 1 saturated heterocycles. The van der Waals surface area contributed by atoms with Gasteiger partial charge in [-0.3, -0.25) is 9.69 Å². The monoisotopic (exact) mass is 330 g/mol. The molecule has 1 aliphatic rings. The minimum atomic E-state index is -0.409. The van der Waals surface area contributed by atoms with Gasteiger partial charge in [0.05, 0.1) is 23.7 Å². The SMILES string of the molecule is O=C(NCC1CN(c2ccccc2)C(=O)O1)c1ccccc1Cl. The molecule has 1 fully saturated rings. The molecule has 2 amide bonds. The van der Waals surface area contributed by atoms with E-state index in [9.17, 15) is 9.59 Å². The lowest BCUT2D eigenvalue weighted by Gasteiger charge is -2.13. The Morgan fingerprint density at radius 2 is 1.87 bits per heavy atom. The Hall–Kier alpha value is -2.53. The Labute approximate surface area is 138 Å². The number of halogens is 1. The Balaban J connectivity index is 1.59. The van der Waals surface area contributed by atoms with Gasteiger partial charge in [0.2, 0.25) is 0 Å². The van der Waals surface area contributed by atoms with Crippen LogP contribution in [0.15, 0.2) is 54.6 Å². The van der Waals surface area contributed by atoms with E-state index in [1.165, 1.54) is 0 Å². The Kier molecular flexibility index (Phi) is 4.48. The molecule has 0 spiro atoms. The molecular weight excluding hydrogens is 316 g/mol. The van der Waals surface area contributed by atoms with Gasteiger partial charge in [0.15, 0.2) is 0 Å². The molecule has 2 aromatic carbocycles. The highest BCUT2D eigenvalue weighted by atomic mass is 35.5. The van der Waals surface area contributed by atoms with Crippen LogP contribution >= 0.6 is 11.6 Å². The number of hydrogen-bond donors (Lipinski definition) is 1. The molecule has 2 aromatic rings. The summed E-state index contributed by atoms with van der Waals surface area (Å²) in [5, 5.41) is 3.14. The maximum atomic E-state index is 12.1. The third-order valence-corrected chi connectivity index (χ3v) is 3.88. The summed E-state index contributed by atoms with van der Waals surface area (Å²) in [6, 6.07) is 16.1. The van der Waals surface area contributed by atoms with Gasteiger partial charge in [-0.25, -0.2) is 4.79 Å². The van der Waals surface area contributed by atoms with Gasteiger partial charge in [-0.05, 0) is 24.3 Å². The van der Waals surface area contributed by atoms with Crippen LogP contribution in [-0.4, -0.2) is 31.2 Å². The summed E-state index contributed by atoms with van der Waals surface area (Å²) in [5.41, 5.74) is 1.18. The van der Waals surface area contributed by atoms with E-state index in [4.69, 9.17) is 16.3 Å². The summed E-state index contributed by atoms with van der Waals surface area (Å²) in [5.74, 6) is -0.287. The number of ether oxygens (including phenoxy) is 1. The number of nitrogens with zero attached hydrogens (tertiary/aromatic N) is 1. The van der Waals surface area contributed by atoms with E-state index in [-0.39, 0.29) is 12.5 Å². The van der Waals surface area contributed by atoms with Gasteiger partial charge in [-0.1, -0.05) is 41.9 Å². The first-order valence-corrected chi connectivity index (χ1v) is 7.59. The number of carbonyl (C=O) groups is 2. The number of cyclic esters (lactones) is 1. The number of carbonyl (C=O) groups excluding carboxylic acids is 2. The lowest BCUT2D eigenvalue weighted by Crippen LogP contribution is -2.34. The van der Waals surface area contributed by atoms with Crippen molar-refractivity contribution in [1.29, 1.82) is 0 Å². The molecule has 6 heteroatoms. The third kappa shape index (κ3) is 3.46. The molecule has 1 atom stereocenters. The van der Waals surface area contributed by atoms with Crippen molar-refractivity contribution >= 4 is 29.3 Å². The lowest BCUT2D eigenvalue weighted by molar-refractivity contribution is 0.0916. The standard InChI is InChI=1S/C17H15ClN2O3/c18-15-9-5-4-8-14(15)16(21)19-10-13-11-20(17(22)23-13)12-6-2-1-3-7-12/h1-9,13H,10-11H2,(H,19,21). The average molecular weight is 331 g/mol. The summed E-state index contributed by atoms with van der Waals surface area (Å²) in [6.07, 6.45) is -0.803. The molecule has 1 heterocycles. The number of benzene rings is 2. The van der Waals surface area contributed by atoms with Gasteiger partial charge in [0.1, 0.15) is 6.10 Å². The van der Waals surface area contributed by atoms with Gasteiger partial charge >= 0.3 is 6.09 Å². The predicted molar refractivity (Wildman–Crippen MR) is 87.8 cm³/mol. The minimum absolute atomic E-state index is 0.235. The van der Waals surface area contributed by atoms with E-state index in [2.05, 4.69) is 5.32 Å². The maximum Gasteiger partial charge on any atom is 0.414 e. The molecule has 0 radical (unpaired) electrons. The number of hydrogen-bond acceptors (Lipinski definition) is 3. The molecule has 0 bridgehead atoms. The zero-order chi connectivity index (χ0) is 16.2. The zero-order valence-corrected chi connectivity index (χ0v) is 13.0. The van der Waals surface area contributed by atoms with Gasteiger partial charge < -0.3 is 10.1 Å². The van der Waals surface area contributed by atoms with Crippen LogP contribution in [0.2, 0.25) is 5.02 Å². The number of nitrogens with one attached hydrogen (secondary N) is 1. The van der Waals surface area contributed by atoms with Crippen molar-refractivity contribution in [3.63, 3.8) is 0 Å². The molecule has 0 saturated carbocycles. The largest absolute Gasteiger partial charge is 0.442 e.